The van der Waals surface area contributed by atoms with E-state index >= 15 is 0 Å². The zero-order valence-electron chi connectivity index (χ0n) is 20.6. The van der Waals surface area contributed by atoms with Gasteiger partial charge in [0.05, 0.1) is 12.3 Å². The van der Waals surface area contributed by atoms with E-state index in [1.165, 1.54) is 0 Å². The number of hydrogen-bond donors (Lipinski definition) is 1. The number of aromatic amines is 1. The molecule has 0 radical (unpaired) electrons. The molecule has 5 aromatic rings. The molecule has 0 saturated heterocycles. The zero-order valence-corrected chi connectivity index (χ0v) is 20.6. The molecule has 1 N–H and O–H groups in total. The Morgan fingerprint density at radius 1 is 1.11 bits per heavy atom. The van der Waals surface area contributed by atoms with Crippen molar-refractivity contribution < 1.29 is 4.42 Å². The second-order valence-corrected chi connectivity index (χ2v) is 9.44. The van der Waals surface area contributed by atoms with Crippen molar-refractivity contribution >= 4 is 10.9 Å². The molecule has 0 saturated carbocycles. The summed E-state index contributed by atoms with van der Waals surface area (Å²) in [5, 5.41) is 13.7. The molecule has 0 bridgehead atoms. The van der Waals surface area contributed by atoms with E-state index in [2.05, 4.69) is 50.3 Å². The molecule has 0 aliphatic heterocycles. The van der Waals surface area contributed by atoms with Crippen LogP contribution < -0.4 is 5.56 Å². The Morgan fingerprint density at radius 2 is 2.00 bits per heavy atom. The van der Waals surface area contributed by atoms with E-state index in [-0.39, 0.29) is 17.5 Å². The quantitative estimate of drug-likeness (QED) is 0.334. The number of nitrogens with one attached hydrogen (secondary N) is 1. The first-order valence-electron chi connectivity index (χ1n) is 12.0. The molecule has 1 aromatic carbocycles. The Labute approximate surface area is 208 Å². The lowest BCUT2D eigenvalue weighted by Gasteiger charge is -2.33. The first-order valence-corrected chi connectivity index (χ1v) is 12.0. The van der Waals surface area contributed by atoms with Crippen molar-refractivity contribution in [3.63, 3.8) is 0 Å². The van der Waals surface area contributed by atoms with Crippen molar-refractivity contribution in [1.29, 1.82) is 0 Å². The summed E-state index contributed by atoms with van der Waals surface area (Å²) < 4.78 is 7.31. The second kappa shape index (κ2) is 10.2. The van der Waals surface area contributed by atoms with Crippen molar-refractivity contribution in [2.75, 3.05) is 0 Å². The molecular weight excluding hydrogens is 454 g/mol. The van der Waals surface area contributed by atoms with Crippen molar-refractivity contribution in [2.45, 2.75) is 46.4 Å². The maximum Gasteiger partial charge on any atom is 0.252 e. The van der Waals surface area contributed by atoms with E-state index in [1.807, 2.05) is 55.6 Å². The molecule has 36 heavy (non-hydrogen) atoms. The summed E-state index contributed by atoms with van der Waals surface area (Å²) in [6.07, 6.45) is 5.25. The van der Waals surface area contributed by atoms with Gasteiger partial charge in [0, 0.05) is 36.6 Å². The van der Waals surface area contributed by atoms with Crippen LogP contribution in [0.2, 0.25) is 0 Å². The van der Waals surface area contributed by atoms with Gasteiger partial charge in [0.1, 0.15) is 12.3 Å². The maximum absolute atomic E-state index is 13.1. The summed E-state index contributed by atoms with van der Waals surface area (Å²) in [6.45, 7) is 7.75. The van der Waals surface area contributed by atoms with Crippen molar-refractivity contribution in [1.82, 2.24) is 35.1 Å². The smallest absolute Gasteiger partial charge is 0.252 e. The van der Waals surface area contributed by atoms with Gasteiger partial charge in [0.25, 0.3) is 5.56 Å². The highest BCUT2D eigenvalue weighted by Gasteiger charge is 2.30. The fourth-order valence-corrected chi connectivity index (χ4v) is 4.66. The van der Waals surface area contributed by atoms with Crippen molar-refractivity contribution in [3.8, 4) is 0 Å². The highest BCUT2D eigenvalue weighted by atomic mass is 16.3. The van der Waals surface area contributed by atoms with Gasteiger partial charge in [0.15, 0.2) is 5.82 Å². The normalized spacial score (nSPS) is 12.6. The van der Waals surface area contributed by atoms with Crippen LogP contribution in [-0.4, -0.2) is 35.1 Å². The summed E-state index contributed by atoms with van der Waals surface area (Å²) in [7, 11) is 0. The minimum Gasteiger partial charge on any atom is -0.467 e. The van der Waals surface area contributed by atoms with Crippen LogP contribution in [-0.2, 0) is 19.6 Å². The average molecular weight is 484 g/mol. The van der Waals surface area contributed by atoms with Crippen LogP contribution >= 0.6 is 0 Å². The molecule has 4 heterocycles. The SMILES string of the molecule is Cc1ccc2[nH]c(=O)c(CN(Cc3cccnc3)[C@@H](c3nnnn3Cc3ccco3)C(C)C)cc2c1. The van der Waals surface area contributed by atoms with Crippen LogP contribution in [0, 0.1) is 12.8 Å². The maximum atomic E-state index is 13.1. The van der Waals surface area contributed by atoms with Crippen LogP contribution in [0.25, 0.3) is 10.9 Å². The van der Waals surface area contributed by atoms with E-state index in [9.17, 15) is 4.79 Å². The van der Waals surface area contributed by atoms with Gasteiger partial charge >= 0.3 is 0 Å². The fourth-order valence-electron chi connectivity index (χ4n) is 4.66. The van der Waals surface area contributed by atoms with Crippen molar-refractivity contribution in [3.05, 3.63) is 106 Å². The molecule has 0 amide bonds. The number of rotatable bonds is 9. The Morgan fingerprint density at radius 3 is 2.75 bits per heavy atom. The number of pyridine rings is 2. The number of benzene rings is 1. The molecule has 9 nitrogen and oxygen atoms in total. The van der Waals surface area contributed by atoms with E-state index in [4.69, 9.17) is 4.42 Å². The Balaban J connectivity index is 1.55. The van der Waals surface area contributed by atoms with Crippen molar-refractivity contribution in [2.24, 2.45) is 5.92 Å². The van der Waals surface area contributed by atoms with Crippen LogP contribution in [0.15, 0.2) is 76.4 Å². The molecule has 0 spiro atoms. The molecule has 0 unspecified atom stereocenters. The molecule has 184 valence electrons. The number of fused-ring (bicyclic) bond motifs is 1. The number of aromatic nitrogens is 6. The van der Waals surface area contributed by atoms with Gasteiger partial charge in [-0.2, -0.15) is 0 Å². The van der Waals surface area contributed by atoms with Gasteiger partial charge in [-0.3, -0.25) is 14.7 Å². The molecule has 9 heteroatoms. The lowest BCUT2D eigenvalue weighted by molar-refractivity contribution is 0.125. The Hall–Kier alpha value is -4.11. The molecule has 0 fully saturated rings. The average Bonchev–Trinajstić information content (AvgIpc) is 3.53. The van der Waals surface area contributed by atoms with E-state index in [1.54, 1.807) is 17.1 Å². The standard InChI is InChI=1S/C27H29N7O2/c1-18(2)25(26-30-31-32-34(26)17-23-7-5-11-36-23)33(15-20-6-4-10-28-14-20)16-22-13-21-12-19(3)8-9-24(21)29-27(22)35/h4-14,18,25H,15-17H2,1-3H3,(H,29,35)/t25-/m1/s1. The highest BCUT2D eigenvalue weighted by molar-refractivity contribution is 5.79. The first-order chi connectivity index (χ1) is 17.5. The van der Waals surface area contributed by atoms with Crippen LogP contribution in [0.5, 0.6) is 0 Å². The minimum atomic E-state index is -0.164. The topological polar surface area (TPSA) is 106 Å². The lowest BCUT2D eigenvalue weighted by Crippen LogP contribution is -2.35. The van der Waals surface area contributed by atoms with Gasteiger partial charge in [-0.05, 0) is 70.6 Å². The van der Waals surface area contributed by atoms with Gasteiger partial charge in [-0.1, -0.05) is 31.5 Å². The number of furan rings is 1. The second-order valence-electron chi connectivity index (χ2n) is 9.44. The summed E-state index contributed by atoms with van der Waals surface area (Å²) >= 11 is 0. The third-order valence-corrected chi connectivity index (χ3v) is 6.29. The zero-order chi connectivity index (χ0) is 25.1. The third kappa shape index (κ3) is 5.11. The summed E-state index contributed by atoms with van der Waals surface area (Å²) in [5.41, 5.74) is 3.61. The monoisotopic (exact) mass is 483 g/mol. The van der Waals surface area contributed by atoms with Crippen LogP contribution in [0.3, 0.4) is 0 Å². The summed E-state index contributed by atoms with van der Waals surface area (Å²) in [6, 6.07) is 15.6. The number of hydrogen-bond acceptors (Lipinski definition) is 7. The predicted molar refractivity (Wildman–Crippen MR) is 136 cm³/mol. The van der Waals surface area contributed by atoms with Crippen LogP contribution in [0.4, 0.5) is 0 Å². The van der Waals surface area contributed by atoms with Gasteiger partial charge in [-0.15, -0.1) is 5.10 Å². The molecule has 0 aliphatic rings. The van der Waals surface area contributed by atoms with Gasteiger partial charge < -0.3 is 9.40 Å². The summed E-state index contributed by atoms with van der Waals surface area (Å²) in [5.74, 6) is 1.65. The first kappa shape index (κ1) is 23.6. The highest BCUT2D eigenvalue weighted by Crippen LogP contribution is 2.30. The van der Waals surface area contributed by atoms with Gasteiger partial charge in [-0.25, -0.2) is 4.68 Å². The Bertz CT molecular complexity index is 1490. The number of H-pyrrole nitrogens is 1. The predicted octanol–water partition coefficient (Wildman–Crippen LogP) is 4.26. The molecule has 1 atom stereocenters. The molecular formula is C27H29N7O2. The lowest BCUT2D eigenvalue weighted by atomic mass is 9.99. The number of aryl methyl sites for hydroxylation is 1. The van der Waals surface area contributed by atoms with E-state index in [0.717, 1.165) is 33.6 Å². The third-order valence-electron chi connectivity index (χ3n) is 6.29. The fraction of sp³-hybridized carbons (Fsp3) is 0.296. The van der Waals surface area contributed by atoms with Crippen LogP contribution in [0.1, 0.15) is 48.2 Å². The Kier molecular flexibility index (Phi) is 6.73. The van der Waals surface area contributed by atoms with E-state index in [0.29, 0.717) is 25.2 Å². The van der Waals surface area contributed by atoms with E-state index < -0.39 is 0 Å². The number of nitrogens with zero attached hydrogens (tertiary/aromatic N) is 6. The number of tetrazole rings is 1. The summed E-state index contributed by atoms with van der Waals surface area (Å²) in [4.78, 5) is 22.7. The minimum absolute atomic E-state index is 0.0970. The largest absolute Gasteiger partial charge is 0.467 e. The van der Waals surface area contributed by atoms with Gasteiger partial charge in [0.2, 0.25) is 0 Å². The molecule has 4 aromatic heterocycles. The molecule has 0 aliphatic carbocycles. The molecule has 5 rings (SSSR count).